The SMILES string of the molecule is Cc1cc(C)[n+]2c([nH]c3ccccc32)c1C#N. The van der Waals surface area contributed by atoms with Crippen molar-refractivity contribution in [2.45, 2.75) is 13.8 Å². The fraction of sp³-hybridized carbons (Fsp3) is 0.143. The lowest BCUT2D eigenvalue weighted by atomic mass is 10.1. The van der Waals surface area contributed by atoms with Crippen LogP contribution in [0, 0.1) is 25.2 Å². The molecule has 0 fully saturated rings. The number of hydrogen-bond donors (Lipinski definition) is 1. The van der Waals surface area contributed by atoms with Crippen molar-refractivity contribution < 1.29 is 4.40 Å². The highest BCUT2D eigenvalue weighted by molar-refractivity contribution is 5.76. The van der Waals surface area contributed by atoms with E-state index in [4.69, 9.17) is 0 Å². The molecule has 0 aliphatic rings. The molecule has 1 aromatic carbocycles. The minimum atomic E-state index is 0.715. The summed E-state index contributed by atoms with van der Waals surface area (Å²) < 4.78 is 2.10. The quantitative estimate of drug-likeness (QED) is 0.583. The summed E-state index contributed by atoms with van der Waals surface area (Å²) in [4.78, 5) is 3.32. The molecule has 3 rings (SSSR count). The van der Waals surface area contributed by atoms with Gasteiger partial charge in [0.15, 0.2) is 11.0 Å². The Morgan fingerprint density at radius 1 is 1.24 bits per heavy atom. The second-order valence-corrected chi connectivity index (χ2v) is 4.28. The number of H-pyrrole nitrogens is 1. The summed E-state index contributed by atoms with van der Waals surface area (Å²) in [5.41, 5.74) is 5.90. The standard InChI is InChI=1S/C14H11N3/c1-9-7-10(2)17-13-6-4-3-5-12(13)16-14(17)11(9)8-15/h3-7H,1-2H3/p+1. The van der Waals surface area contributed by atoms with Crippen LogP contribution < -0.4 is 4.40 Å². The number of aromatic nitrogens is 2. The van der Waals surface area contributed by atoms with E-state index >= 15 is 0 Å². The van der Waals surface area contributed by atoms with E-state index in [9.17, 15) is 5.26 Å². The highest BCUT2D eigenvalue weighted by Crippen LogP contribution is 2.17. The fourth-order valence-electron chi connectivity index (χ4n) is 2.40. The van der Waals surface area contributed by atoms with Gasteiger partial charge in [-0.2, -0.15) is 9.66 Å². The normalized spacial score (nSPS) is 10.9. The van der Waals surface area contributed by atoms with E-state index in [-0.39, 0.29) is 0 Å². The molecule has 0 saturated heterocycles. The minimum Gasteiger partial charge on any atom is -0.235 e. The molecule has 3 nitrogen and oxygen atoms in total. The van der Waals surface area contributed by atoms with Crippen LogP contribution in [0.2, 0.25) is 0 Å². The number of imidazole rings is 1. The number of benzene rings is 1. The molecule has 0 unspecified atom stereocenters. The first-order valence-corrected chi connectivity index (χ1v) is 5.55. The topological polar surface area (TPSA) is 43.7 Å². The Morgan fingerprint density at radius 3 is 2.76 bits per heavy atom. The maximum atomic E-state index is 9.25. The first-order valence-electron chi connectivity index (χ1n) is 5.55. The van der Waals surface area contributed by atoms with Crippen molar-refractivity contribution in [3.05, 3.63) is 47.2 Å². The Bertz CT molecular complexity index is 775. The molecule has 0 atom stereocenters. The Balaban J connectivity index is 2.65. The fourth-order valence-corrected chi connectivity index (χ4v) is 2.40. The van der Waals surface area contributed by atoms with Gasteiger partial charge in [-0.1, -0.05) is 12.1 Å². The van der Waals surface area contributed by atoms with Gasteiger partial charge in [-0.3, -0.25) is 0 Å². The van der Waals surface area contributed by atoms with Crippen LogP contribution in [0.1, 0.15) is 16.8 Å². The number of aromatic amines is 1. The second kappa shape index (κ2) is 3.33. The van der Waals surface area contributed by atoms with Gasteiger partial charge in [0, 0.05) is 0 Å². The van der Waals surface area contributed by atoms with Gasteiger partial charge in [-0.15, -0.1) is 0 Å². The number of para-hydroxylation sites is 2. The number of aryl methyl sites for hydroxylation is 2. The van der Waals surface area contributed by atoms with E-state index in [1.54, 1.807) is 0 Å². The predicted octanol–water partition coefficient (Wildman–Crippen LogP) is 2.40. The highest BCUT2D eigenvalue weighted by Gasteiger charge is 2.19. The summed E-state index contributed by atoms with van der Waals surface area (Å²) in [5.74, 6) is 0. The third-order valence-electron chi connectivity index (χ3n) is 3.14. The number of hydrogen-bond acceptors (Lipinski definition) is 1. The molecule has 3 heteroatoms. The van der Waals surface area contributed by atoms with Crippen LogP contribution in [0.3, 0.4) is 0 Å². The molecule has 1 N–H and O–H groups in total. The zero-order valence-electron chi connectivity index (χ0n) is 9.78. The highest BCUT2D eigenvalue weighted by atomic mass is 15.0. The van der Waals surface area contributed by atoms with Crippen LogP contribution in [0.15, 0.2) is 30.3 Å². The van der Waals surface area contributed by atoms with E-state index in [0.29, 0.717) is 5.56 Å². The van der Waals surface area contributed by atoms with Crippen molar-refractivity contribution in [1.29, 1.82) is 5.26 Å². The number of rotatable bonds is 0. The summed E-state index contributed by atoms with van der Waals surface area (Å²) in [6.07, 6.45) is 0. The number of nitrogens with one attached hydrogen (secondary N) is 1. The molecule has 2 heterocycles. The van der Waals surface area contributed by atoms with Crippen molar-refractivity contribution in [3.63, 3.8) is 0 Å². The molecule has 82 valence electrons. The molecule has 17 heavy (non-hydrogen) atoms. The second-order valence-electron chi connectivity index (χ2n) is 4.28. The number of nitrogens with zero attached hydrogens (tertiary/aromatic N) is 2. The summed E-state index contributed by atoms with van der Waals surface area (Å²) >= 11 is 0. The maximum absolute atomic E-state index is 9.25. The van der Waals surface area contributed by atoms with Gasteiger partial charge in [-0.25, -0.2) is 4.98 Å². The molecule has 2 aromatic heterocycles. The third-order valence-corrected chi connectivity index (χ3v) is 3.14. The van der Waals surface area contributed by atoms with Crippen molar-refractivity contribution in [2.75, 3.05) is 0 Å². The van der Waals surface area contributed by atoms with E-state index < -0.39 is 0 Å². The number of fused-ring (bicyclic) bond motifs is 3. The first-order chi connectivity index (χ1) is 8.22. The van der Waals surface area contributed by atoms with Crippen molar-refractivity contribution in [3.8, 4) is 6.07 Å². The number of nitriles is 1. The van der Waals surface area contributed by atoms with Crippen LogP contribution in [-0.4, -0.2) is 4.98 Å². The maximum Gasteiger partial charge on any atom is 0.303 e. The van der Waals surface area contributed by atoms with Crippen LogP contribution in [0.5, 0.6) is 0 Å². The Labute approximate surface area is 98.9 Å². The summed E-state index contributed by atoms with van der Waals surface area (Å²) in [6.45, 7) is 4.03. The molecular weight excluding hydrogens is 210 g/mol. The molecule has 3 aromatic rings. The lowest BCUT2D eigenvalue weighted by molar-refractivity contribution is -0.489. The molecule has 0 amide bonds. The van der Waals surface area contributed by atoms with Crippen LogP contribution in [0.25, 0.3) is 16.7 Å². The van der Waals surface area contributed by atoms with E-state index in [2.05, 4.69) is 28.4 Å². The van der Waals surface area contributed by atoms with Gasteiger partial charge in [0.05, 0.1) is 0 Å². The predicted molar refractivity (Wildman–Crippen MR) is 65.6 cm³/mol. The molecule has 0 spiro atoms. The van der Waals surface area contributed by atoms with Gasteiger partial charge in [0.25, 0.3) is 0 Å². The van der Waals surface area contributed by atoms with Crippen LogP contribution in [0.4, 0.5) is 0 Å². The van der Waals surface area contributed by atoms with E-state index in [0.717, 1.165) is 27.9 Å². The molecule has 0 aliphatic carbocycles. The molecule has 0 radical (unpaired) electrons. The summed E-state index contributed by atoms with van der Waals surface area (Å²) in [6, 6.07) is 12.4. The lowest BCUT2D eigenvalue weighted by Crippen LogP contribution is -2.25. The van der Waals surface area contributed by atoms with Crippen LogP contribution >= 0.6 is 0 Å². The molecule has 0 aliphatic heterocycles. The van der Waals surface area contributed by atoms with Gasteiger partial charge in [-0.05, 0) is 37.6 Å². The van der Waals surface area contributed by atoms with Gasteiger partial charge < -0.3 is 0 Å². The smallest absolute Gasteiger partial charge is 0.235 e. The zero-order chi connectivity index (χ0) is 12.0. The summed E-state index contributed by atoms with van der Waals surface area (Å²) in [5, 5.41) is 9.25. The monoisotopic (exact) mass is 222 g/mol. The third kappa shape index (κ3) is 1.24. The average molecular weight is 222 g/mol. The summed E-state index contributed by atoms with van der Waals surface area (Å²) in [7, 11) is 0. The van der Waals surface area contributed by atoms with Crippen molar-refractivity contribution in [2.24, 2.45) is 0 Å². The van der Waals surface area contributed by atoms with E-state index in [1.165, 1.54) is 0 Å². The Kier molecular flexibility index (Phi) is 1.93. The molecule has 0 saturated carbocycles. The molecular formula is C14H12N3+. The average Bonchev–Trinajstić information content (AvgIpc) is 2.68. The van der Waals surface area contributed by atoms with Gasteiger partial charge >= 0.3 is 5.65 Å². The zero-order valence-corrected chi connectivity index (χ0v) is 9.78. The van der Waals surface area contributed by atoms with Crippen LogP contribution in [-0.2, 0) is 0 Å². The first kappa shape index (κ1) is 9.86. The van der Waals surface area contributed by atoms with Crippen molar-refractivity contribution >= 4 is 16.7 Å². The Morgan fingerprint density at radius 2 is 2.00 bits per heavy atom. The van der Waals surface area contributed by atoms with Crippen molar-refractivity contribution in [1.82, 2.24) is 4.98 Å². The largest absolute Gasteiger partial charge is 0.303 e. The van der Waals surface area contributed by atoms with Gasteiger partial charge in [0.2, 0.25) is 0 Å². The number of pyridine rings is 1. The lowest BCUT2D eigenvalue weighted by Gasteiger charge is -1.98. The minimum absolute atomic E-state index is 0.715. The van der Waals surface area contributed by atoms with Gasteiger partial charge in [0.1, 0.15) is 17.3 Å². The Hall–Kier alpha value is -2.34. The van der Waals surface area contributed by atoms with E-state index in [1.807, 2.05) is 31.2 Å². The molecule has 0 bridgehead atoms.